The molecule has 0 atom stereocenters. The van der Waals surface area contributed by atoms with Crippen LogP contribution >= 0.6 is 11.3 Å². The summed E-state index contributed by atoms with van der Waals surface area (Å²) < 4.78 is 27.0. The number of hydrogen-bond donors (Lipinski definition) is 2. The average molecular weight is 297 g/mol. The molecule has 0 radical (unpaired) electrons. The van der Waals surface area contributed by atoms with Crippen molar-refractivity contribution in [2.75, 3.05) is 0 Å². The lowest BCUT2D eigenvalue weighted by Gasteiger charge is -2.08. The van der Waals surface area contributed by atoms with Gasteiger partial charge < -0.3 is 5.73 Å². The maximum absolute atomic E-state index is 12.2. The number of hydrogen-bond acceptors (Lipinski definition) is 5. The summed E-state index contributed by atoms with van der Waals surface area (Å²) in [5.74, 6) is 0. The molecule has 2 aromatic rings. The number of aryl methyl sites for hydroxylation is 1. The van der Waals surface area contributed by atoms with E-state index in [0.29, 0.717) is 4.88 Å². The molecule has 0 spiro atoms. The number of nitrogens with one attached hydrogen (secondary N) is 1. The fourth-order valence-electron chi connectivity index (χ4n) is 1.67. The molecule has 19 heavy (non-hydrogen) atoms. The van der Waals surface area contributed by atoms with Gasteiger partial charge in [-0.15, -0.1) is 11.3 Å². The molecule has 102 valence electrons. The first-order valence-corrected chi connectivity index (χ1v) is 8.06. The molecule has 0 aliphatic rings. The van der Waals surface area contributed by atoms with Crippen LogP contribution in [0.5, 0.6) is 0 Å². The normalized spacial score (nSPS) is 11.7. The van der Waals surface area contributed by atoms with Crippen LogP contribution in [0.4, 0.5) is 0 Å². The molecule has 0 aliphatic carbocycles. The highest BCUT2D eigenvalue weighted by Crippen LogP contribution is 2.21. The molecule has 0 unspecified atom stereocenters. The molecule has 0 bridgehead atoms. The van der Waals surface area contributed by atoms with E-state index >= 15 is 0 Å². The van der Waals surface area contributed by atoms with Gasteiger partial charge in [0.25, 0.3) is 0 Å². The van der Waals surface area contributed by atoms with E-state index in [1.165, 1.54) is 11.3 Å². The second-order valence-corrected chi connectivity index (χ2v) is 6.77. The number of nitrogens with two attached hydrogens (primary N) is 1. The molecule has 0 aromatic carbocycles. The predicted octanol–water partition coefficient (Wildman–Crippen LogP) is 1.39. The third-order valence-electron chi connectivity index (χ3n) is 2.77. The van der Waals surface area contributed by atoms with Crippen molar-refractivity contribution in [3.8, 4) is 0 Å². The maximum atomic E-state index is 12.2. The molecule has 0 fully saturated rings. The van der Waals surface area contributed by atoms with Crippen LogP contribution in [0.1, 0.15) is 16.0 Å². The highest BCUT2D eigenvalue weighted by Gasteiger charge is 2.18. The van der Waals surface area contributed by atoms with Crippen LogP contribution in [-0.2, 0) is 23.1 Å². The first kappa shape index (κ1) is 14.1. The highest BCUT2D eigenvalue weighted by atomic mass is 32.2. The Bertz CT molecular complexity index is 665. The van der Waals surface area contributed by atoms with E-state index in [-0.39, 0.29) is 18.0 Å². The van der Waals surface area contributed by atoms with Gasteiger partial charge in [0.15, 0.2) is 0 Å². The van der Waals surface area contributed by atoms with E-state index in [4.69, 9.17) is 5.73 Å². The number of thiophene rings is 1. The van der Waals surface area contributed by atoms with Crippen molar-refractivity contribution in [2.24, 2.45) is 5.73 Å². The van der Waals surface area contributed by atoms with Gasteiger partial charge in [-0.2, -0.15) is 0 Å². The standard InChI is InChI=1S/C12H15N3O2S2/c1-9-7-14-4-2-10(9)8-15-19(16,17)12-3-5-18-11(12)6-13/h2-5,7,15H,6,8,13H2,1H3. The van der Waals surface area contributed by atoms with Crippen molar-refractivity contribution < 1.29 is 8.42 Å². The largest absolute Gasteiger partial charge is 0.326 e. The van der Waals surface area contributed by atoms with Crippen molar-refractivity contribution in [1.29, 1.82) is 0 Å². The minimum Gasteiger partial charge on any atom is -0.326 e. The zero-order valence-electron chi connectivity index (χ0n) is 10.5. The average Bonchev–Trinajstić information content (AvgIpc) is 2.87. The van der Waals surface area contributed by atoms with Gasteiger partial charge in [-0.25, -0.2) is 13.1 Å². The van der Waals surface area contributed by atoms with Crippen LogP contribution in [-0.4, -0.2) is 13.4 Å². The topological polar surface area (TPSA) is 85.1 Å². The molecule has 0 saturated heterocycles. The van der Waals surface area contributed by atoms with Gasteiger partial charge in [-0.3, -0.25) is 4.98 Å². The van der Waals surface area contributed by atoms with Gasteiger partial charge in [-0.1, -0.05) is 0 Å². The van der Waals surface area contributed by atoms with Gasteiger partial charge in [0.05, 0.1) is 4.90 Å². The number of pyridine rings is 1. The van der Waals surface area contributed by atoms with Crippen LogP contribution in [0.15, 0.2) is 34.8 Å². The molecule has 2 rings (SSSR count). The minimum atomic E-state index is -3.51. The van der Waals surface area contributed by atoms with Gasteiger partial charge in [0.1, 0.15) is 0 Å². The molecule has 0 aliphatic heterocycles. The number of sulfonamides is 1. The fourth-order valence-corrected chi connectivity index (χ4v) is 4.01. The molecule has 2 aromatic heterocycles. The Labute approximate surface area is 116 Å². The smallest absolute Gasteiger partial charge is 0.242 e. The quantitative estimate of drug-likeness (QED) is 0.873. The summed E-state index contributed by atoms with van der Waals surface area (Å²) in [4.78, 5) is 4.91. The Hall–Kier alpha value is -1.28. The Morgan fingerprint density at radius 1 is 1.42 bits per heavy atom. The molecule has 3 N–H and O–H groups in total. The Kier molecular flexibility index (Phi) is 4.31. The van der Waals surface area contributed by atoms with E-state index in [2.05, 4.69) is 9.71 Å². The summed E-state index contributed by atoms with van der Waals surface area (Å²) in [6.07, 6.45) is 3.35. The summed E-state index contributed by atoms with van der Waals surface area (Å²) >= 11 is 1.35. The molecular weight excluding hydrogens is 282 g/mol. The van der Waals surface area contributed by atoms with E-state index in [9.17, 15) is 8.42 Å². The lowest BCUT2D eigenvalue weighted by atomic mass is 10.2. The van der Waals surface area contributed by atoms with Crippen LogP contribution < -0.4 is 10.5 Å². The predicted molar refractivity (Wildman–Crippen MR) is 75.2 cm³/mol. The maximum Gasteiger partial charge on any atom is 0.242 e. The van der Waals surface area contributed by atoms with E-state index in [0.717, 1.165) is 11.1 Å². The molecule has 5 nitrogen and oxygen atoms in total. The third kappa shape index (κ3) is 3.19. The monoisotopic (exact) mass is 297 g/mol. The van der Waals surface area contributed by atoms with Crippen molar-refractivity contribution in [3.63, 3.8) is 0 Å². The molecule has 0 amide bonds. The second-order valence-electron chi connectivity index (χ2n) is 4.04. The van der Waals surface area contributed by atoms with E-state index < -0.39 is 10.0 Å². The molecule has 7 heteroatoms. The number of rotatable bonds is 5. The zero-order valence-corrected chi connectivity index (χ0v) is 12.1. The zero-order chi connectivity index (χ0) is 13.9. The van der Waals surface area contributed by atoms with Crippen LogP contribution in [0.2, 0.25) is 0 Å². The van der Waals surface area contributed by atoms with Crippen LogP contribution in [0, 0.1) is 6.92 Å². The SMILES string of the molecule is Cc1cnccc1CNS(=O)(=O)c1ccsc1CN. The van der Waals surface area contributed by atoms with Crippen molar-refractivity contribution in [3.05, 3.63) is 45.9 Å². The summed E-state index contributed by atoms with van der Waals surface area (Å²) in [5.41, 5.74) is 7.39. The molecule has 2 heterocycles. The van der Waals surface area contributed by atoms with Crippen LogP contribution in [0.25, 0.3) is 0 Å². The van der Waals surface area contributed by atoms with Crippen molar-refractivity contribution >= 4 is 21.4 Å². The van der Waals surface area contributed by atoms with Crippen molar-refractivity contribution in [1.82, 2.24) is 9.71 Å². The first-order chi connectivity index (χ1) is 9.04. The minimum absolute atomic E-state index is 0.224. The summed E-state index contributed by atoms with van der Waals surface area (Å²) in [7, 11) is -3.51. The van der Waals surface area contributed by atoms with Gasteiger partial charge in [-0.05, 0) is 35.6 Å². The number of aromatic nitrogens is 1. The van der Waals surface area contributed by atoms with Crippen molar-refractivity contribution in [2.45, 2.75) is 24.9 Å². The first-order valence-electron chi connectivity index (χ1n) is 5.70. The Morgan fingerprint density at radius 3 is 2.89 bits per heavy atom. The highest BCUT2D eigenvalue weighted by molar-refractivity contribution is 7.89. The van der Waals surface area contributed by atoms with Crippen LogP contribution in [0.3, 0.4) is 0 Å². The lowest BCUT2D eigenvalue weighted by molar-refractivity contribution is 0.580. The molecular formula is C12H15N3O2S2. The number of nitrogens with zero attached hydrogens (tertiary/aromatic N) is 1. The summed E-state index contributed by atoms with van der Waals surface area (Å²) in [6, 6.07) is 3.38. The summed E-state index contributed by atoms with van der Waals surface area (Å²) in [6.45, 7) is 2.37. The Balaban J connectivity index is 2.17. The molecule has 0 saturated carbocycles. The lowest BCUT2D eigenvalue weighted by Crippen LogP contribution is -2.24. The summed E-state index contributed by atoms with van der Waals surface area (Å²) in [5, 5.41) is 1.73. The van der Waals surface area contributed by atoms with E-state index in [1.807, 2.05) is 6.92 Å². The van der Waals surface area contributed by atoms with E-state index in [1.54, 1.807) is 29.9 Å². The fraction of sp³-hybridized carbons (Fsp3) is 0.250. The van der Waals surface area contributed by atoms with Gasteiger partial charge >= 0.3 is 0 Å². The Morgan fingerprint density at radius 2 is 2.21 bits per heavy atom. The van der Waals surface area contributed by atoms with Gasteiger partial charge in [0.2, 0.25) is 10.0 Å². The van der Waals surface area contributed by atoms with Gasteiger partial charge in [0, 0.05) is 30.4 Å². The third-order valence-corrected chi connectivity index (χ3v) is 5.33. The second kappa shape index (κ2) is 5.79.